The number of carbonyl (C=O) groups is 2. The highest BCUT2D eigenvalue weighted by atomic mass is 35.5. The zero-order valence-corrected chi connectivity index (χ0v) is 9.47. The molecular weight excluding hydrogens is 230 g/mol. The van der Waals surface area contributed by atoms with E-state index in [1.807, 2.05) is 0 Å². The van der Waals surface area contributed by atoms with Crippen LogP contribution in [0.15, 0.2) is 18.2 Å². The van der Waals surface area contributed by atoms with Crippen molar-refractivity contribution in [3.8, 4) is 0 Å². The zero-order valence-electron chi connectivity index (χ0n) is 8.71. The number of carbonyl (C=O) groups excluding carboxylic acids is 2. The number of benzene rings is 1. The lowest BCUT2D eigenvalue weighted by atomic mass is 10.3. The quantitative estimate of drug-likeness (QED) is 0.690. The molecule has 0 aliphatic heterocycles. The second-order valence-corrected chi connectivity index (χ2v) is 3.60. The van der Waals surface area contributed by atoms with E-state index in [4.69, 9.17) is 17.3 Å². The molecule has 2 amide bonds. The van der Waals surface area contributed by atoms with Gasteiger partial charge in [0.25, 0.3) is 0 Å². The van der Waals surface area contributed by atoms with Gasteiger partial charge in [-0.25, -0.2) is 0 Å². The van der Waals surface area contributed by atoms with E-state index < -0.39 is 0 Å². The Morgan fingerprint density at radius 1 is 1.44 bits per heavy atom. The molecule has 0 radical (unpaired) electrons. The summed E-state index contributed by atoms with van der Waals surface area (Å²) in [5, 5.41) is 5.39. The van der Waals surface area contributed by atoms with Gasteiger partial charge in [0, 0.05) is 12.6 Å². The Labute approximate surface area is 98.0 Å². The molecule has 1 rings (SSSR count). The standard InChI is InChI=1S/C10H12ClN3O2/c1-6(15)13-5-10(16)14-7-2-3-8(11)9(12)4-7/h2-4H,5,12H2,1H3,(H,13,15)(H,14,16). The molecule has 86 valence electrons. The molecular formula is C10H12ClN3O2. The van der Waals surface area contributed by atoms with Gasteiger partial charge in [0.1, 0.15) is 0 Å². The van der Waals surface area contributed by atoms with Crippen LogP contribution in [0.2, 0.25) is 5.02 Å². The summed E-state index contributed by atoms with van der Waals surface area (Å²) in [6.07, 6.45) is 0. The molecule has 0 bridgehead atoms. The predicted octanol–water partition coefficient (Wildman–Crippen LogP) is 0.997. The van der Waals surface area contributed by atoms with E-state index in [0.29, 0.717) is 16.4 Å². The van der Waals surface area contributed by atoms with Gasteiger partial charge in [-0.2, -0.15) is 0 Å². The molecule has 6 heteroatoms. The molecule has 1 aromatic rings. The molecule has 0 aromatic heterocycles. The number of amides is 2. The summed E-state index contributed by atoms with van der Waals surface area (Å²) in [7, 11) is 0. The van der Waals surface area contributed by atoms with Crippen molar-refractivity contribution < 1.29 is 9.59 Å². The number of nitrogen functional groups attached to an aromatic ring is 1. The number of rotatable bonds is 3. The van der Waals surface area contributed by atoms with Crippen LogP contribution in [0.25, 0.3) is 0 Å². The normalized spacial score (nSPS) is 9.62. The van der Waals surface area contributed by atoms with Gasteiger partial charge in [0.05, 0.1) is 17.3 Å². The van der Waals surface area contributed by atoms with Gasteiger partial charge in [-0.1, -0.05) is 11.6 Å². The van der Waals surface area contributed by atoms with Crippen LogP contribution in [0.5, 0.6) is 0 Å². The minimum Gasteiger partial charge on any atom is -0.397 e. The van der Waals surface area contributed by atoms with Crippen LogP contribution in [0.3, 0.4) is 0 Å². The Hall–Kier alpha value is -1.75. The van der Waals surface area contributed by atoms with Gasteiger partial charge in [0.15, 0.2) is 0 Å². The predicted molar refractivity (Wildman–Crippen MR) is 63.2 cm³/mol. The maximum absolute atomic E-state index is 11.3. The average molecular weight is 242 g/mol. The summed E-state index contributed by atoms with van der Waals surface area (Å²) in [4.78, 5) is 21.9. The van der Waals surface area contributed by atoms with Crippen molar-refractivity contribution in [3.05, 3.63) is 23.2 Å². The van der Waals surface area contributed by atoms with Crippen LogP contribution in [0, 0.1) is 0 Å². The van der Waals surface area contributed by atoms with E-state index in [1.165, 1.54) is 6.92 Å². The molecule has 0 heterocycles. The highest BCUT2D eigenvalue weighted by Gasteiger charge is 2.04. The minimum absolute atomic E-state index is 0.0716. The number of hydrogen-bond acceptors (Lipinski definition) is 3. The molecule has 5 nitrogen and oxygen atoms in total. The van der Waals surface area contributed by atoms with Crippen molar-refractivity contribution in [2.75, 3.05) is 17.6 Å². The topological polar surface area (TPSA) is 84.2 Å². The summed E-state index contributed by atoms with van der Waals surface area (Å²) in [6, 6.07) is 4.77. The Kier molecular flexibility index (Phi) is 4.13. The summed E-state index contributed by atoms with van der Waals surface area (Å²) >= 11 is 5.73. The molecule has 0 aliphatic rings. The number of anilines is 2. The molecule has 0 spiro atoms. The van der Waals surface area contributed by atoms with E-state index in [1.54, 1.807) is 18.2 Å². The Balaban J connectivity index is 2.56. The molecule has 0 saturated heterocycles. The van der Waals surface area contributed by atoms with Crippen molar-refractivity contribution in [2.45, 2.75) is 6.92 Å². The maximum Gasteiger partial charge on any atom is 0.243 e. The monoisotopic (exact) mass is 241 g/mol. The van der Waals surface area contributed by atoms with Crippen LogP contribution in [0.1, 0.15) is 6.92 Å². The number of hydrogen-bond donors (Lipinski definition) is 3. The van der Waals surface area contributed by atoms with Crippen molar-refractivity contribution >= 4 is 34.8 Å². The summed E-state index contributed by atoms with van der Waals surface area (Å²) in [5.41, 5.74) is 6.49. The third kappa shape index (κ3) is 3.78. The van der Waals surface area contributed by atoms with Crippen molar-refractivity contribution in [1.29, 1.82) is 0 Å². The molecule has 0 atom stereocenters. The van der Waals surface area contributed by atoms with Crippen LogP contribution < -0.4 is 16.4 Å². The molecule has 0 fully saturated rings. The smallest absolute Gasteiger partial charge is 0.243 e. The van der Waals surface area contributed by atoms with E-state index in [9.17, 15) is 9.59 Å². The zero-order chi connectivity index (χ0) is 12.1. The van der Waals surface area contributed by atoms with E-state index in [0.717, 1.165) is 0 Å². The summed E-state index contributed by atoms with van der Waals surface area (Å²) < 4.78 is 0. The Bertz CT molecular complexity index is 421. The first-order valence-corrected chi connectivity index (χ1v) is 4.96. The lowest BCUT2D eigenvalue weighted by Crippen LogP contribution is -2.31. The number of nitrogens with one attached hydrogen (secondary N) is 2. The number of halogens is 1. The van der Waals surface area contributed by atoms with Crippen molar-refractivity contribution in [3.63, 3.8) is 0 Å². The van der Waals surface area contributed by atoms with E-state index in [-0.39, 0.29) is 18.4 Å². The summed E-state index contributed by atoms with van der Waals surface area (Å²) in [6.45, 7) is 1.27. The molecule has 1 aromatic carbocycles. The minimum atomic E-state index is -0.322. The fourth-order valence-electron chi connectivity index (χ4n) is 1.03. The lowest BCUT2D eigenvalue weighted by Gasteiger charge is -2.07. The highest BCUT2D eigenvalue weighted by molar-refractivity contribution is 6.33. The van der Waals surface area contributed by atoms with Gasteiger partial charge >= 0.3 is 0 Å². The van der Waals surface area contributed by atoms with Crippen LogP contribution >= 0.6 is 11.6 Å². The SMILES string of the molecule is CC(=O)NCC(=O)Nc1ccc(Cl)c(N)c1. The highest BCUT2D eigenvalue weighted by Crippen LogP contribution is 2.22. The van der Waals surface area contributed by atoms with Crippen LogP contribution in [-0.4, -0.2) is 18.4 Å². The fraction of sp³-hybridized carbons (Fsp3) is 0.200. The van der Waals surface area contributed by atoms with Gasteiger partial charge < -0.3 is 16.4 Å². The average Bonchev–Trinajstić information content (AvgIpc) is 2.21. The molecule has 4 N–H and O–H groups in total. The summed E-state index contributed by atoms with van der Waals surface area (Å²) in [5.74, 6) is -0.581. The fourth-order valence-corrected chi connectivity index (χ4v) is 1.15. The third-order valence-corrected chi connectivity index (χ3v) is 2.12. The van der Waals surface area contributed by atoms with Gasteiger partial charge in [0.2, 0.25) is 11.8 Å². The number of nitrogens with two attached hydrogens (primary N) is 1. The van der Waals surface area contributed by atoms with Gasteiger partial charge in [-0.3, -0.25) is 9.59 Å². The second-order valence-electron chi connectivity index (χ2n) is 3.19. The van der Waals surface area contributed by atoms with E-state index in [2.05, 4.69) is 10.6 Å². The third-order valence-electron chi connectivity index (χ3n) is 1.78. The lowest BCUT2D eigenvalue weighted by molar-refractivity contribution is -0.122. The first kappa shape index (κ1) is 12.3. The van der Waals surface area contributed by atoms with Gasteiger partial charge in [-0.15, -0.1) is 0 Å². The molecule has 0 unspecified atom stereocenters. The van der Waals surface area contributed by atoms with Crippen LogP contribution in [-0.2, 0) is 9.59 Å². The first-order chi connectivity index (χ1) is 7.49. The van der Waals surface area contributed by atoms with Gasteiger partial charge in [-0.05, 0) is 18.2 Å². The second kappa shape index (κ2) is 5.37. The van der Waals surface area contributed by atoms with Crippen LogP contribution in [0.4, 0.5) is 11.4 Å². The van der Waals surface area contributed by atoms with Crippen molar-refractivity contribution in [2.24, 2.45) is 0 Å². The first-order valence-electron chi connectivity index (χ1n) is 4.58. The van der Waals surface area contributed by atoms with Crippen molar-refractivity contribution in [1.82, 2.24) is 5.32 Å². The van der Waals surface area contributed by atoms with E-state index >= 15 is 0 Å². The largest absolute Gasteiger partial charge is 0.397 e. The molecule has 16 heavy (non-hydrogen) atoms. The Morgan fingerprint density at radius 3 is 2.69 bits per heavy atom. The Morgan fingerprint density at radius 2 is 2.12 bits per heavy atom. The molecule has 0 aliphatic carbocycles. The molecule has 0 saturated carbocycles. The maximum atomic E-state index is 11.3.